The third kappa shape index (κ3) is 2.77. The van der Waals surface area contributed by atoms with E-state index in [1.54, 1.807) is 30.0 Å². The number of aliphatic hydroxyl groups excluding tert-OH is 1. The van der Waals surface area contributed by atoms with E-state index in [9.17, 15) is 5.11 Å². The van der Waals surface area contributed by atoms with E-state index in [0.29, 0.717) is 5.82 Å². The van der Waals surface area contributed by atoms with E-state index in [1.165, 1.54) is 0 Å². The third-order valence-electron chi connectivity index (χ3n) is 3.32. The molecule has 0 fully saturated rings. The van der Waals surface area contributed by atoms with E-state index in [-0.39, 0.29) is 6.04 Å². The lowest BCUT2D eigenvalue weighted by Gasteiger charge is -2.23. The van der Waals surface area contributed by atoms with Gasteiger partial charge in [-0.3, -0.25) is 0 Å². The quantitative estimate of drug-likeness (QED) is 0.762. The van der Waals surface area contributed by atoms with E-state index in [0.717, 1.165) is 15.6 Å². The molecular formula is C15H15BrN4O. The number of anilines is 1. The van der Waals surface area contributed by atoms with Gasteiger partial charge in [0.15, 0.2) is 5.82 Å². The molecule has 2 atom stereocenters. The van der Waals surface area contributed by atoms with Crippen LogP contribution < -0.4 is 5.32 Å². The smallest absolute Gasteiger partial charge is 0.153 e. The molecule has 0 aliphatic rings. The summed E-state index contributed by atoms with van der Waals surface area (Å²) in [4.78, 5) is 4.37. The number of aromatic nitrogens is 3. The maximum Gasteiger partial charge on any atom is 0.153 e. The Kier molecular flexibility index (Phi) is 3.90. The average Bonchev–Trinajstić information content (AvgIpc) is 2.88. The summed E-state index contributed by atoms with van der Waals surface area (Å²) in [6.45, 7) is 1.76. The van der Waals surface area contributed by atoms with Crippen molar-refractivity contribution in [2.24, 2.45) is 0 Å². The topological polar surface area (TPSA) is 62.5 Å². The minimum atomic E-state index is -0.559. The molecule has 2 unspecified atom stereocenters. The van der Waals surface area contributed by atoms with Crippen LogP contribution in [0.3, 0.4) is 0 Å². The third-order valence-corrected chi connectivity index (χ3v) is 3.90. The predicted molar refractivity (Wildman–Crippen MR) is 85.2 cm³/mol. The average molecular weight is 347 g/mol. The largest absolute Gasteiger partial charge is 0.391 e. The van der Waals surface area contributed by atoms with Crippen LogP contribution in [0, 0.1) is 0 Å². The van der Waals surface area contributed by atoms with Gasteiger partial charge in [-0.05, 0) is 28.4 Å². The van der Waals surface area contributed by atoms with Crippen molar-refractivity contribution >= 4 is 27.3 Å². The molecule has 0 bridgehead atoms. The normalized spacial score (nSPS) is 14.0. The fourth-order valence-electron chi connectivity index (χ4n) is 2.30. The second-order valence-electron chi connectivity index (χ2n) is 4.83. The zero-order valence-corrected chi connectivity index (χ0v) is 13.0. The highest BCUT2D eigenvalue weighted by Gasteiger charge is 2.19. The number of benzene rings is 1. The minimum Gasteiger partial charge on any atom is -0.391 e. The van der Waals surface area contributed by atoms with Crippen LogP contribution in [0.1, 0.15) is 18.5 Å². The van der Waals surface area contributed by atoms with Gasteiger partial charge in [-0.15, -0.1) is 0 Å². The van der Waals surface area contributed by atoms with Crippen LogP contribution in [-0.2, 0) is 0 Å². The summed E-state index contributed by atoms with van der Waals surface area (Å²) in [5, 5.41) is 17.6. The second kappa shape index (κ2) is 5.83. The monoisotopic (exact) mass is 346 g/mol. The summed E-state index contributed by atoms with van der Waals surface area (Å²) in [6.07, 6.45) is 4.63. The summed E-state index contributed by atoms with van der Waals surface area (Å²) in [5.41, 5.74) is 1.85. The summed E-state index contributed by atoms with van der Waals surface area (Å²) in [7, 11) is 0. The van der Waals surface area contributed by atoms with Gasteiger partial charge >= 0.3 is 0 Å². The SMILES string of the molecule is CC(O)C(Nc1nccn2ncc(Br)c12)c1ccccc1. The number of nitrogens with one attached hydrogen (secondary N) is 1. The molecule has 1 aromatic carbocycles. The van der Waals surface area contributed by atoms with Crippen LogP contribution >= 0.6 is 15.9 Å². The Bertz CT molecular complexity index is 742. The second-order valence-corrected chi connectivity index (χ2v) is 5.69. The van der Waals surface area contributed by atoms with Crippen LogP contribution in [0.25, 0.3) is 5.52 Å². The minimum absolute atomic E-state index is 0.244. The molecule has 2 aromatic heterocycles. The Labute approximate surface area is 130 Å². The van der Waals surface area contributed by atoms with Crippen LogP contribution in [0.5, 0.6) is 0 Å². The number of aliphatic hydroxyl groups is 1. The lowest BCUT2D eigenvalue weighted by molar-refractivity contribution is 0.172. The first-order chi connectivity index (χ1) is 10.2. The van der Waals surface area contributed by atoms with Gasteiger partial charge < -0.3 is 10.4 Å². The molecule has 3 aromatic rings. The molecule has 0 saturated carbocycles. The first-order valence-corrected chi connectivity index (χ1v) is 7.43. The Morgan fingerprint density at radius 2 is 2.05 bits per heavy atom. The van der Waals surface area contributed by atoms with Gasteiger partial charge in [0, 0.05) is 12.4 Å². The van der Waals surface area contributed by atoms with Crippen molar-refractivity contribution in [1.29, 1.82) is 0 Å². The van der Waals surface area contributed by atoms with Crippen molar-refractivity contribution < 1.29 is 5.11 Å². The Hall–Kier alpha value is -1.92. The molecule has 0 radical (unpaired) electrons. The zero-order valence-electron chi connectivity index (χ0n) is 11.4. The molecule has 6 heteroatoms. The summed E-state index contributed by atoms with van der Waals surface area (Å²) >= 11 is 3.48. The van der Waals surface area contributed by atoms with Crippen molar-refractivity contribution in [2.45, 2.75) is 19.1 Å². The van der Waals surface area contributed by atoms with Gasteiger partial charge in [-0.25, -0.2) is 9.50 Å². The van der Waals surface area contributed by atoms with Crippen molar-refractivity contribution in [3.05, 3.63) is 59.0 Å². The Morgan fingerprint density at radius 1 is 1.29 bits per heavy atom. The van der Waals surface area contributed by atoms with Crippen molar-refractivity contribution in [2.75, 3.05) is 5.32 Å². The summed E-state index contributed by atoms with van der Waals surface area (Å²) in [6, 6.07) is 9.58. The van der Waals surface area contributed by atoms with Crippen LogP contribution in [-0.4, -0.2) is 25.8 Å². The number of nitrogens with zero attached hydrogens (tertiary/aromatic N) is 3. The van der Waals surface area contributed by atoms with Crippen molar-refractivity contribution in [3.8, 4) is 0 Å². The number of halogens is 1. The standard InChI is InChI=1S/C15H15BrN4O/c1-10(21)13(11-5-3-2-4-6-11)19-15-14-12(16)9-18-20(14)8-7-17-15/h2-10,13,21H,1H3,(H,17,19). The van der Waals surface area contributed by atoms with E-state index in [1.807, 2.05) is 30.3 Å². The van der Waals surface area contributed by atoms with E-state index in [2.05, 4.69) is 31.3 Å². The molecule has 0 amide bonds. The van der Waals surface area contributed by atoms with Gasteiger partial charge in [0.1, 0.15) is 5.52 Å². The van der Waals surface area contributed by atoms with Gasteiger partial charge in [0.2, 0.25) is 0 Å². The Morgan fingerprint density at radius 3 is 2.76 bits per heavy atom. The van der Waals surface area contributed by atoms with Crippen molar-refractivity contribution in [3.63, 3.8) is 0 Å². The summed E-state index contributed by atoms with van der Waals surface area (Å²) < 4.78 is 2.60. The molecule has 0 aliphatic heterocycles. The Balaban J connectivity index is 2.01. The maximum absolute atomic E-state index is 10.1. The van der Waals surface area contributed by atoms with Gasteiger partial charge in [0.25, 0.3) is 0 Å². The number of hydrogen-bond acceptors (Lipinski definition) is 4. The lowest BCUT2D eigenvalue weighted by atomic mass is 10.0. The molecule has 0 spiro atoms. The van der Waals surface area contributed by atoms with Crippen LogP contribution in [0.15, 0.2) is 53.4 Å². The van der Waals surface area contributed by atoms with Gasteiger partial charge in [0.05, 0.1) is 22.8 Å². The number of fused-ring (bicyclic) bond motifs is 1. The molecule has 0 aliphatic carbocycles. The van der Waals surface area contributed by atoms with E-state index >= 15 is 0 Å². The molecule has 108 valence electrons. The van der Waals surface area contributed by atoms with E-state index in [4.69, 9.17) is 0 Å². The maximum atomic E-state index is 10.1. The number of rotatable bonds is 4. The zero-order chi connectivity index (χ0) is 14.8. The summed E-state index contributed by atoms with van der Waals surface area (Å²) in [5.74, 6) is 0.677. The number of hydrogen-bond donors (Lipinski definition) is 2. The van der Waals surface area contributed by atoms with Gasteiger partial charge in [-0.2, -0.15) is 5.10 Å². The van der Waals surface area contributed by atoms with Crippen LogP contribution in [0.4, 0.5) is 5.82 Å². The predicted octanol–water partition coefficient (Wildman–Crippen LogP) is 3.03. The molecule has 21 heavy (non-hydrogen) atoms. The fraction of sp³-hybridized carbons (Fsp3) is 0.200. The fourth-order valence-corrected chi connectivity index (χ4v) is 2.76. The molecule has 0 saturated heterocycles. The first kappa shape index (κ1) is 14.0. The molecular weight excluding hydrogens is 332 g/mol. The molecule has 3 rings (SSSR count). The highest BCUT2D eigenvalue weighted by molar-refractivity contribution is 9.10. The highest BCUT2D eigenvalue weighted by Crippen LogP contribution is 2.28. The van der Waals surface area contributed by atoms with Gasteiger partial charge in [-0.1, -0.05) is 30.3 Å². The molecule has 2 N–H and O–H groups in total. The van der Waals surface area contributed by atoms with Crippen molar-refractivity contribution in [1.82, 2.24) is 14.6 Å². The first-order valence-electron chi connectivity index (χ1n) is 6.64. The van der Waals surface area contributed by atoms with Crippen LogP contribution in [0.2, 0.25) is 0 Å². The van der Waals surface area contributed by atoms with E-state index < -0.39 is 6.10 Å². The lowest BCUT2D eigenvalue weighted by Crippen LogP contribution is -2.23. The molecule has 5 nitrogen and oxygen atoms in total. The highest BCUT2D eigenvalue weighted by atomic mass is 79.9. The molecule has 2 heterocycles.